The standard InChI is InChI=1S/C26H21O3P/c1-28-20-16-18-21(19-17-20)29-26(27)24-14-8-9-15-25(24)30(22-10-4-2-5-11-22)23-12-6-3-7-13-23/h2-19H,1H3/p+1. The lowest BCUT2D eigenvalue weighted by Gasteiger charge is -2.14. The van der Waals surface area contributed by atoms with Crippen LogP contribution in [0.25, 0.3) is 0 Å². The van der Waals surface area contributed by atoms with E-state index in [1.165, 1.54) is 10.6 Å². The number of rotatable bonds is 6. The van der Waals surface area contributed by atoms with Crippen LogP contribution in [0.15, 0.2) is 109 Å². The van der Waals surface area contributed by atoms with Gasteiger partial charge in [0.25, 0.3) is 0 Å². The summed E-state index contributed by atoms with van der Waals surface area (Å²) in [5, 5.41) is 3.45. The summed E-state index contributed by atoms with van der Waals surface area (Å²) in [7, 11) is 0.231. The van der Waals surface area contributed by atoms with Crippen molar-refractivity contribution in [2.24, 2.45) is 0 Å². The molecule has 4 aromatic rings. The van der Waals surface area contributed by atoms with Crippen molar-refractivity contribution in [3.05, 3.63) is 115 Å². The molecule has 0 aliphatic rings. The third-order valence-electron chi connectivity index (χ3n) is 4.81. The number of carbonyl (C=O) groups excluding carboxylic acids is 1. The first-order valence-electron chi connectivity index (χ1n) is 9.69. The van der Waals surface area contributed by atoms with E-state index < -0.39 is 7.92 Å². The van der Waals surface area contributed by atoms with Crippen LogP contribution in [-0.4, -0.2) is 13.1 Å². The fourth-order valence-electron chi connectivity index (χ4n) is 3.37. The molecule has 0 N–H and O–H groups in total. The van der Waals surface area contributed by atoms with Gasteiger partial charge in [-0.25, -0.2) is 4.79 Å². The second-order valence-corrected chi connectivity index (χ2v) is 9.16. The lowest BCUT2D eigenvalue weighted by atomic mass is 10.2. The smallest absolute Gasteiger partial charge is 0.347 e. The zero-order valence-electron chi connectivity index (χ0n) is 16.6. The fourth-order valence-corrected chi connectivity index (χ4v) is 6.10. The summed E-state index contributed by atoms with van der Waals surface area (Å²) in [6.07, 6.45) is 0. The van der Waals surface area contributed by atoms with Gasteiger partial charge in [-0.05, 0) is 60.7 Å². The van der Waals surface area contributed by atoms with Crippen molar-refractivity contribution < 1.29 is 14.3 Å². The molecular formula is C26H22O3P+. The second-order valence-electron chi connectivity index (χ2n) is 6.72. The van der Waals surface area contributed by atoms with Gasteiger partial charge in [0, 0.05) is 0 Å². The number of ether oxygens (including phenoxy) is 2. The van der Waals surface area contributed by atoms with Crippen LogP contribution in [-0.2, 0) is 0 Å². The first-order valence-corrected chi connectivity index (χ1v) is 11.2. The summed E-state index contributed by atoms with van der Waals surface area (Å²) in [5.41, 5.74) is 0.593. The zero-order valence-corrected chi connectivity index (χ0v) is 17.6. The van der Waals surface area contributed by atoms with Crippen LogP contribution >= 0.6 is 7.92 Å². The number of esters is 1. The molecule has 0 saturated carbocycles. The van der Waals surface area contributed by atoms with Gasteiger partial charge in [0.15, 0.2) is 0 Å². The Labute approximate surface area is 177 Å². The van der Waals surface area contributed by atoms with E-state index in [4.69, 9.17) is 9.47 Å². The summed E-state index contributed by atoms with van der Waals surface area (Å²) in [4.78, 5) is 13.1. The van der Waals surface area contributed by atoms with Crippen molar-refractivity contribution in [1.29, 1.82) is 0 Å². The van der Waals surface area contributed by atoms with Crippen molar-refractivity contribution in [1.82, 2.24) is 0 Å². The van der Waals surface area contributed by atoms with Crippen LogP contribution in [0.5, 0.6) is 11.5 Å². The van der Waals surface area contributed by atoms with Gasteiger partial charge < -0.3 is 9.47 Å². The molecule has 0 fully saturated rings. The molecule has 0 heterocycles. The average Bonchev–Trinajstić information content (AvgIpc) is 2.81. The largest absolute Gasteiger partial charge is 0.497 e. The number of hydrogen-bond donors (Lipinski definition) is 0. The van der Waals surface area contributed by atoms with E-state index in [0.717, 1.165) is 5.30 Å². The molecule has 0 atom stereocenters. The third-order valence-corrected chi connectivity index (χ3v) is 7.61. The van der Waals surface area contributed by atoms with E-state index in [1.807, 2.05) is 60.7 Å². The second kappa shape index (κ2) is 9.39. The van der Waals surface area contributed by atoms with Crippen LogP contribution < -0.4 is 25.4 Å². The van der Waals surface area contributed by atoms with Crippen molar-refractivity contribution in [3.8, 4) is 11.5 Å². The van der Waals surface area contributed by atoms with E-state index >= 15 is 0 Å². The molecule has 4 rings (SSSR count). The van der Waals surface area contributed by atoms with Crippen molar-refractivity contribution in [3.63, 3.8) is 0 Å². The monoisotopic (exact) mass is 413 g/mol. The molecule has 4 heteroatoms. The maximum absolute atomic E-state index is 13.1. The minimum absolute atomic E-state index is 0.356. The molecule has 0 aliphatic carbocycles. The first-order chi connectivity index (χ1) is 14.8. The topological polar surface area (TPSA) is 35.5 Å². The highest BCUT2D eigenvalue weighted by Gasteiger charge is 2.30. The van der Waals surface area contributed by atoms with E-state index in [0.29, 0.717) is 17.1 Å². The van der Waals surface area contributed by atoms with Gasteiger partial charge in [-0.2, -0.15) is 0 Å². The van der Waals surface area contributed by atoms with Crippen LogP contribution in [0, 0.1) is 0 Å². The predicted octanol–water partition coefficient (Wildman–Crippen LogP) is 4.40. The Balaban J connectivity index is 1.73. The number of hydrogen-bond acceptors (Lipinski definition) is 3. The van der Waals surface area contributed by atoms with Crippen molar-refractivity contribution in [2.75, 3.05) is 7.11 Å². The van der Waals surface area contributed by atoms with Gasteiger partial charge in [-0.1, -0.05) is 48.5 Å². The first kappa shape index (κ1) is 19.9. The van der Waals surface area contributed by atoms with Crippen LogP contribution in [0.2, 0.25) is 0 Å². The average molecular weight is 413 g/mol. The maximum Gasteiger partial charge on any atom is 0.347 e. The molecule has 0 aromatic heterocycles. The molecule has 30 heavy (non-hydrogen) atoms. The van der Waals surface area contributed by atoms with E-state index in [9.17, 15) is 4.79 Å². The molecule has 0 amide bonds. The van der Waals surface area contributed by atoms with Crippen LogP contribution in [0.1, 0.15) is 10.4 Å². The SMILES string of the molecule is COc1ccc(OC(=O)c2ccccc2[PH+](c2ccccc2)c2ccccc2)cc1. The van der Waals surface area contributed by atoms with Crippen molar-refractivity contribution in [2.45, 2.75) is 0 Å². The highest BCUT2D eigenvalue weighted by atomic mass is 31.1. The Morgan fingerprint density at radius 2 is 1.13 bits per heavy atom. The summed E-state index contributed by atoms with van der Waals surface area (Å²) in [6, 6.07) is 35.5. The number of benzene rings is 4. The Bertz CT molecular complexity index is 1070. The number of carbonyl (C=O) groups is 1. The van der Waals surface area contributed by atoms with Gasteiger partial charge >= 0.3 is 5.97 Å². The third kappa shape index (κ3) is 4.42. The summed E-state index contributed by atoms with van der Waals surface area (Å²) in [5.74, 6) is 0.850. The Hall–Kier alpha value is -3.42. The quantitative estimate of drug-likeness (QED) is 0.267. The lowest BCUT2D eigenvalue weighted by Crippen LogP contribution is -2.26. The van der Waals surface area contributed by atoms with Gasteiger partial charge in [0.1, 0.15) is 33.0 Å². The molecular weight excluding hydrogens is 391 g/mol. The summed E-state index contributed by atoms with van der Waals surface area (Å²) < 4.78 is 10.9. The normalized spacial score (nSPS) is 10.6. The Kier molecular flexibility index (Phi) is 6.22. The Morgan fingerprint density at radius 3 is 1.70 bits per heavy atom. The minimum atomic E-state index is -1.37. The highest BCUT2D eigenvalue weighted by molar-refractivity contribution is 7.80. The Morgan fingerprint density at radius 1 is 0.633 bits per heavy atom. The maximum atomic E-state index is 13.1. The lowest BCUT2D eigenvalue weighted by molar-refractivity contribution is 0.0736. The van der Waals surface area contributed by atoms with Gasteiger partial charge in [0.05, 0.1) is 15.0 Å². The van der Waals surface area contributed by atoms with Crippen molar-refractivity contribution >= 4 is 29.8 Å². The van der Waals surface area contributed by atoms with E-state index in [-0.39, 0.29) is 5.97 Å². The fraction of sp³-hybridized carbons (Fsp3) is 0.0385. The summed E-state index contributed by atoms with van der Waals surface area (Å²) >= 11 is 0. The van der Waals surface area contributed by atoms with E-state index in [1.54, 1.807) is 31.4 Å². The van der Waals surface area contributed by atoms with Gasteiger partial charge in [0.2, 0.25) is 0 Å². The molecule has 0 unspecified atom stereocenters. The summed E-state index contributed by atoms with van der Waals surface area (Å²) in [6.45, 7) is 0. The predicted molar refractivity (Wildman–Crippen MR) is 124 cm³/mol. The molecule has 0 radical (unpaired) electrons. The molecule has 0 aliphatic heterocycles. The van der Waals surface area contributed by atoms with Gasteiger partial charge in [-0.15, -0.1) is 0 Å². The highest BCUT2D eigenvalue weighted by Crippen LogP contribution is 2.34. The molecule has 0 spiro atoms. The molecule has 0 bridgehead atoms. The molecule has 3 nitrogen and oxygen atoms in total. The van der Waals surface area contributed by atoms with E-state index in [2.05, 4.69) is 24.3 Å². The molecule has 148 valence electrons. The molecule has 0 saturated heterocycles. The van der Waals surface area contributed by atoms with Crippen LogP contribution in [0.3, 0.4) is 0 Å². The minimum Gasteiger partial charge on any atom is -0.497 e. The number of methoxy groups -OCH3 is 1. The van der Waals surface area contributed by atoms with Crippen LogP contribution in [0.4, 0.5) is 0 Å². The zero-order chi connectivity index (χ0) is 20.8. The molecule has 4 aromatic carbocycles. The van der Waals surface area contributed by atoms with Gasteiger partial charge in [-0.3, -0.25) is 0 Å².